The van der Waals surface area contributed by atoms with Crippen molar-refractivity contribution in [3.05, 3.63) is 90.0 Å². The van der Waals surface area contributed by atoms with Gasteiger partial charge in [-0.3, -0.25) is 4.90 Å². The van der Waals surface area contributed by atoms with Gasteiger partial charge in [-0.2, -0.15) is 0 Å². The van der Waals surface area contributed by atoms with Gasteiger partial charge in [0, 0.05) is 60.0 Å². The molecule has 0 atom stereocenters. The SMILES string of the molecule is O=C(Oc1ccc2ccc(OCCCCN3CCN(c4cccc5c4CCS5)CC3)cc2n1)c1ccccc1. The first-order valence-corrected chi connectivity index (χ1v) is 14.7. The quantitative estimate of drug-likeness (QED) is 0.189. The number of nitrogens with zero attached hydrogens (tertiary/aromatic N) is 3. The smallest absolute Gasteiger partial charge is 0.344 e. The lowest BCUT2D eigenvalue weighted by Crippen LogP contribution is -2.47. The molecule has 1 fully saturated rings. The fourth-order valence-electron chi connectivity index (χ4n) is 5.29. The van der Waals surface area contributed by atoms with Gasteiger partial charge in [0.2, 0.25) is 5.88 Å². The number of benzene rings is 3. The first kappa shape index (κ1) is 25.7. The molecule has 0 saturated carbocycles. The highest BCUT2D eigenvalue weighted by Crippen LogP contribution is 2.37. The van der Waals surface area contributed by atoms with Gasteiger partial charge < -0.3 is 14.4 Å². The van der Waals surface area contributed by atoms with Gasteiger partial charge in [-0.1, -0.05) is 24.3 Å². The van der Waals surface area contributed by atoms with Crippen LogP contribution >= 0.6 is 11.8 Å². The van der Waals surface area contributed by atoms with Crippen LogP contribution in [0.4, 0.5) is 5.69 Å². The second kappa shape index (κ2) is 12.1. The highest BCUT2D eigenvalue weighted by molar-refractivity contribution is 7.99. The summed E-state index contributed by atoms with van der Waals surface area (Å²) in [6.07, 6.45) is 3.32. The van der Waals surface area contributed by atoms with Gasteiger partial charge >= 0.3 is 5.97 Å². The molecule has 200 valence electrons. The maximum absolute atomic E-state index is 12.4. The number of thioether (sulfide) groups is 1. The topological polar surface area (TPSA) is 54.9 Å². The molecule has 0 spiro atoms. The van der Waals surface area contributed by atoms with Gasteiger partial charge in [-0.15, -0.1) is 11.8 Å². The van der Waals surface area contributed by atoms with Crippen LogP contribution in [0.15, 0.2) is 83.8 Å². The highest BCUT2D eigenvalue weighted by atomic mass is 32.2. The van der Waals surface area contributed by atoms with Crippen LogP contribution in [0.25, 0.3) is 10.9 Å². The fraction of sp³-hybridized carbons (Fsp3) is 0.312. The molecule has 0 aliphatic carbocycles. The number of fused-ring (bicyclic) bond motifs is 2. The number of carbonyl (C=O) groups excluding carboxylic acids is 1. The molecule has 6 nitrogen and oxygen atoms in total. The minimum Gasteiger partial charge on any atom is -0.494 e. The summed E-state index contributed by atoms with van der Waals surface area (Å²) in [6, 6.07) is 25.2. The van der Waals surface area contributed by atoms with E-state index in [1.165, 1.54) is 22.8 Å². The van der Waals surface area contributed by atoms with E-state index in [9.17, 15) is 4.79 Å². The molecular formula is C32H33N3O3S. The molecule has 4 aromatic rings. The maximum Gasteiger partial charge on any atom is 0.344 e. The zero-order chi connectivity index (χ0) is 26.4. The molecule has 1 aromatic heterocycles. The molecule has 3 heterocycles. The summed E-state index contributed by atoms with van der Waals surface area (Å²) < 4.78 is 11.5. The molecule has 6 rings (SSSR count). The first-order valence-electron chi connectivity index (χ1n) is 13.8. The predicted molar refractivity (Wildman–Crippen MR) is 157 cm³/mol. The Bertz CT molecular complexity index is 1440. The lowest BCUT2D eigenvalue weighted by atomic mass is 10.1. The Morgan fingerprint density at radius 3 is 2.62 bits per heavy atom. The largest absolute Gasteiger partial charge is 0.494 e. The molecule has 1 saturated heterocycles. The van der Waals surface area contributed by atoms with Gasteiger partial charge in [0.05, 0.1) is 17.7 Å². The minimum atomic E-state index is -0.418. The van der Waals surface area contributed by atoms with Crippen molar-refractivity contribution in [1.29, 1.82) is 0 Å². The van der Waals surface area contributed by atoms with Crippen LogP contribution in [-0.4, -0.2) is 60.9 Å². The number of carbonyl (C=O) groups is 1. The van der Waals surface area contributed by atoms with E-state index in [4.69, 9.17) is 9.47 Å². The van der Waals surface area contributed by atoms with Gasteiger partial charge in [-0.05, 0) is 73.8 Å². The lowest BCUT2D eigenvalue weighted by molar-refractivity contribution is 0.0728. The molecule has 3 aromatic carbocycles. The molecule has 39 heavy (non-hydrogen) atoms. The van der Waals surface area contributed by atoms with Crippen molar-refractivity contribution in [2.75, 3.05) is 50.0 Å². The number of unbranched alkanes of at least 4 members (excludes halogenated alkanes) is 1. The second-order valence-electron chi connectivity index (χ2n) is 10.00. The van der Waals surface area contributed by atoms with Crippen LogP contribution in [0.1, 0.15) is 28.8 Å². The van der Waals surface area contributed by atoms with Crippen LogP contribution in [-0.2, 0) is 6.42 Å². The van der Waals surface area contributed by atoms with Crippen molar-refractivity contribution in [3.8, 4) is 11.6 Å². The number of anilines is 1. The Balaban J connectivity index is 0.946. The molecule has 0 amide bonds. The standard InChI is InChI=1S/C32H33N3O3S/c36-32(25-7-2-1-3-8-25)38-31-14-12-24-11-13-26(23-28(24)33-31)37-21-5-4-16-34-17-19-35(20-18-34)29-9-6-10-30-27(29)15-22-39-30/h1-3,6-14,23H,4-5,15-22H2. The highest BCUT2D eigenvalue weighted by Gasteiger charge is 2.22. The third kappa shape index (κ3) is 6.21. The normalized spacial score (nSPS) is 15.3. The molecule has 0 N–H and O–H groups in total. The predicted octanol–water partition coefficient (Wildman–Crippen LogP) is 6.08. The average Bonchev–Trinajstić information content (AvgIpc) is 3.47. The van der Waals surface area contributed by atoms with Gasteiger partial charge in [-0.25, -0.2) is 9.78 Å². The number of ether oxygens (including phenoxy) is 2. The number of aromatic nitrogens is 1. The number of piperazine rings is 1. The second-order valence-corrected chi connectivity index (χ2v) is 11.1. The summed E-state index contributed by atoms with van der Waals surface area (Å²) in [5.74, 6) is 1.86. The van der Waals surface area contributed by atoms with Crippen molar-refractivity contribution >= 4 is 34.3 Å². The molecule has 0 bridgehead atoms. The van der Waals surface area contributed by atoms with Crippen LogP contribution in [0.3, 0.4) is 0 Å². The third-order valence-electron chi connectivity index (χ3n) is 7.41. The molecule has 0 unspecified atom stereocenters. The van der Waals surface area contributed by atoms with E-state index in [-0.39, 0.29) is 5.88 Å². The summed E-state index contributed by atoms with van der Waals surface area (Å²) in [5.41, 5.74) is 4.25. The lowest BCUT2D eigenvalue weighted by Gasteiger charge is -2.37. The van der Waals surface area contributed by atoms with Crippen molar-refractivity contribution in [2.24, 2.45) is 0 Å². The van der Waals surface area contributed by atoms with Crippen molar-refractivity contribution in [2.45, 2.75) is 24.2 Å². The molecule has 0 radical (unpaired) electrons. The zero-order valence-corrected chi connectivity index (χ0v) is 22.9. The van der Waals surface area contributed by atoms with E-state index in [1.807, 2.05) is 54.2 Å². The summed E-state index contributed by atoms with van der Waals surface area (Å²) in [7, 11) is 0. The third-order valence-corrected chi connectivity index (χ3v) is 8.51. The molecule has 7 heteroatoms. The Morgan fingerprint density at radius 2 is 1.74 bits per heavy atom. The number of rotatable bonds is 9. The Hall–Kier alpha value is -3.55. The summed E-state index contributed by atoms with van der Waals surface area (Å²) in [6.45, 7) is 6.21. The zero-order valence-electron chi connectivity index (χ0n) is 22.1. The number of esters is 1. The summed E-state index contributed by atoms with van der Waals surface area (Å²) >= 11 is 1.99. The van der Waals surface area contributed by atoms with Crippen molar-refractivity contribution < 1.29 is 14.3 Å². The van der Waals surface area contributed by atoms with Gasteiger partial charge in [0.1, 0.15) is 5.75 Å². The van der Waals surface area contributed by atoms with Crippen LogP contribution in [0, 0.1) is 0 Å². The Labute approximate surface area is 233 Å². The molecule has 2 aliphatic heterocycles. The van der Waals surface area contributed by atoms with Crippen LogP contribution in [0.5, 0.6) is 11.6 Å². The van der Waals surface area contributed by atoms with E-state index in [2.05, 4.69) is 33.0 Å². The first-order chi connectivity index (χ1) is 19.2. The van der Waals surface area contributed by atoms with E-state index < -0.39 is 5.97 Å². The monoisotopic (exact) mass is 539 g/mol. The van der Waals surface area contributed by atoms with Crippen molar-refractivity contribution in [1.82, 2.24) is 9.88 Å². The number of hydrogen-bond donors (Lipinski definition) is 0. The summed E-state index contributed by atoms with van der Waals surface area (Å²) in [4.78, 5) is 23.5. The van der Waals surface area contributed by atoms with Gasteiger partial charge in [0.25, 0.3) is 0 Å². The number of hydrogen-bond acceptors (Lipinski definition) is 7. The number of pyridine rings is 1. The fourth-order valence-corrected chi connectivity index (χ4v) is 6.37. The van der Waals surface area contributed by atoms with E-state index in [0.717, 1.165) is 62.2 Å². The maximum atomic E-state index is 12.4. The average molecular weight is 540 g/mol. The Morgan fingerprint density at radius 1 is 0.897 bits per heavy atom. The van der Waals surface area contributed by atoms with Gasteiger partial charge in [0.15, 0.2) is 0 Å². The van der Waals surface area contributed by atoms with Crippen molar-refractivity contribution in [3.63, 3.8) is 0 Å². The van der Waals surface area contributed by atoms with Crippen LogP contribution in [0.2, 0.25) is 0 Å². The van der Waals surface area contributed by atoms with Crippen LogP contribution < -0.4 is 14.4 Å². The van der Waals surface area contributed by atoms with E-state index in [0.29, 0.717) is 12.2 Å². The summed E-state index contributed by atoms with van der Waals surface area (Å²) in [5, 5.41) is 0.972. The van der Waals surface area contributed by atoms with E-state index in [1.54, 1.807) is 23.8 Å². The van der Waals surface area contributed by atoms with E-state index >= 15 is 0 Å². The molecule has 2 aliphatic rings. The molecular weight excluding hydrogens is 506 g/mol. The minimum absolute atomic E-state index is 0.282. The Kier molecular flexibility index (Phi) is 7.98.